The zero-order valence-corrected chi connectivity index (χ0v) is 14.1. The molecule has 2 aliphatic rings. The van der Waals surface area contributed by atoms with Gasteiger partial charge in [0.1, 0.15) is 6.04 Å². The van der Waals surface area contributed by atoms with Crippen LogP contribution in [0.15, 0.2) is 11.6 Å². The Labute approximate surface area is 139 Å². The quantitative estimate of drug-likeness (QED) is 0.212. The zero-order valence-electron chi connectivity index (χ0n) is 13.3. The Balaban J connectivity index is 2.01. The van der Waals surface area contributed by atoms with Gasteiger partial charge in [-0.3, -0.25) is 14.2 Å². The molecule has 0 unspecified atom stereocenters. The van der Waals surface area contributed by atoms with Gasteiger partial charge in [-0.05, 0) is 19.0 Å². The van der Waals surface area contributed by atoms with E-state index in [0.717, 1.165) is 11.4 Å². The molecule has 0 spiro atoms. The average Bonchev–Trinajstić information content (AvgIpc) is 2.71. The zero-order chi connectivity index (χ0) is 17.9. The Morgan fingerprint density at radius 1 is 1.50 bits per heavy atom. The summed E-state index contributed by atoms with van der Waals surface area (Å²) in [5, 5.41) is 3.54. The molecule has 0 aromatic carbocycles. The van der Waals surface area contributed by atoms with E-state index in [1.165, 1.54) is 6.08 Å². The Morgan fingerprint density at radius 2 is 2.21 bits per heavy atom. The summed E-state index contributed by atoms with van der Waals surface area (Å²) in [4.78, 5) is 30.7. The molecule has 0 radical (unpaired) electrons. The van der Waals surface area contributed by atoms with Crippen molar-refractivity contribution in [3.05, 3.63) is 11.6 Å². The second-order valence-corrected chi connectivity index (χ2v) is 6.32. The first-order chi connectivity index (χ1) is 11.2. The fraction of sp³-hybridized carbons (Fsp3) is 0.667. The Hall–Kier alpha value is -1.73. The molecule has 11 nitrogen and oxygen atoms in total. The van der Waals surface area contributed by atoms with Crippen LogP contribution in [-0.2, 0) is 24.3 Å². The molecule has 2 aliphatic heterocycles. The van der Waals surface area contributed by atoms with E-state index in [1.54, 1.807) is 6.92 Å². The first-order valence-electron chi connectivity index (χ1n) is 7.32. The van der Waals surface area contributed by atoms with Gasteiger partial charge >= 0.3 is 16.4 Å². The van der Waals surface area contributed by atoms with Crippen LogP contribution >= 0.6 is 0 Å². The van der Waals surface area contributed by atoms with E-state index in [2.05, 4.69) is 15.1 Å². The van der Waals surface area contributed by atoms with E-state index in [0.29, 0.717) is 17.2 Å². The summed E-state index contributed by atoms with van der Waals surface area (Å²) in [5.41, 5.74) is 2.80. The molecule has 1 saturated heterocycles. The highest BCUT2D eigenvalue weighted by Crippen LogP contribution is 2.30. The maximum atomic E-state index is 12.2. The normalized spacial score (nSPS) is 23.5. The summed E-state index contributed by atoms with van der Waals surface area (Å²) in [7, 11) is -4.84. The van der Waals surface area contributed by atoms with Crippen LogP contribution in [0.2, 0.25) is 0 Å². The van der Waals surface area contributed by atoms with E-state index in [9.17, 15) is 18.0 Å². The summed E-state index contributed by atoms with van der Waals surface area (Å²) >= 11 is 0. The molecule has 0 aliphatic carbocycles. The minimum atomic E-state index is -4.84. The summed E-state index contributed by atoms with van der Waals surface area (Å²) in [5.74, 6) is -0.555. The molecule has 0 saturated carbocycles. The van der Waals surface area contributed by atoms with Crippen molar-refractivity contribution in [3.63, 3.8) is 0 Å². The van der Waals surface area contributed by atoms with Gasteiger partial charge in [0.2, 0.25) is 0 Å². The highest BCUT2D eigenvalue weighted by molar-refractivity contribution is 7.80. The van der Waals surface area contributed by atoms with Crippen molar-refractivity contribution < 1.29 is 31.7 Å². The number of urea groups is 1. The summed E-state index contributed by atoms with van der Waals surface area (Å²) in [6.45, 7) is 5.20. The molecule has 1 fully saturated rings. The first-order valence-corrected chi connectivity index (χ1v) is 8.68. The first kappa shape index (κ1) is 18.6. The van der Waals surface area contributed by atoms with Gasteiger partial charge in [0, 0.05) is 6.54 Å². The molecule has 12 heteroatoms. The van der Waals surface area contributed by atoms with Gasteiger partial charge in [0.25, 0.3) is 5.91 Å². The molecule has 3 amide bonds. The van der Waals surface area contributed by atoms with Gasteiger partial charge in [-0.15, -0.1) is 4.28 Å². The summed E-state index contributed by atoms with van der Waals surface area (Å²) in [6.07, 6.45) is 1.54. The predicted molar refractivity (Wildman–Crippen MR) is 80.5 cm³/mol. The third-order valence-corrected chi connectivity index (χ3v) is 3.89. The van der Waals surface area contributed by atoms with Crippen molar-refractivity contribution in [2.75, 3.05) is 26.2 Å². The van der Waals surface area contributed by atoms with E-state index >= 15 is 0 Å². The second kappa shape index (κ2) is 7.44. The summed E-state index contributed by atoms with van der Waals surface area (Å²) in [6, 6.07) is -2.49. The standard InChI is InChI=1S/C12H20N4O7S/c1-3-13-4-5-22-14-11(17)10-8(2)6-9-7-15(10)12(18)16(9)23-24(19,20)21/h6,9-10,13H,3-5,7H2,1-2H3,(H,14,17)(H,19,20,21)/t9-,10+/m1/s1. The maximum absolute atomic E-state index is 12.2. The van der Waals surface area contributed by atoms with Gasteiger partial charge in [-0.2, -0.15) is 13.5 Å². The molecule has 0 aromatic rings. The van der Waals surface area contributed by atoms with Crippen molar-refractivity contribution in [2.45, 2.75) is 25.9 Å². The van der Waals surface area contributed by atoms with E-state index < -0.39 is 34.4 Å². The van der Waals surface area contributed by atoms with Crippen LogP contribution in [0.3, 0.4) is 0 Å². The largest absolute Gasteiger partial charge is 0.418 e. The van der Waals surface area contributed by atoms with Gasteiger partial charge in [0.15, 0.2) is 0 Å². The van der Waals surface area contributed by atoms with Crippen LogP contribution in [0.4, 0.5) is 4.79 Å². The van der Waals surface area contributed by atoms with Crippen LogP contribution in [-0.4, -0.2) is 73.2 Å². The van der Waals surface area contributed by atoms with Gasteiger partial charge in [0.05, 0.1) is 19.2 Å². The number of hydroxylamine groups is 3. The Bertz CT molecular complexity index is 635. The molecule has 0 aromatic heterocycles. The Morgan fingerprint density at radius 3 is 2.83 bits per heavy atom. The highest BCUT2D eigenvalue weighted by atomic mass is 32.3. The van der Waals surface area contributed by atoms with E-state index in [1.807, 2.05) is 6.92 Å². The molecule has 2 heterocycles. The molecular weight excluding hydrogens is 344 g/mol. The van der Waals surface area contributed by atoms with Crippen molar-refractivity contribution in [1.29, 1.82) is 0 Å². The van der Waals surface area contributed by atoms with Crippen molar-refractivity contribution in [2.24, 2.45) is 0 Å². The highest BCUT2D eigenvalue weighted by Gasteiger charge is 2.48. The summed E-state index contributed by atoms with van der Waals surface area (Å²) < 4.78 is 34.7. The third-order valence-electron chi connectivity index (χ3n) is 3.54. The van der Waals surface area contributed by atoms with Gasteiger partial charge in [-0.1, -0.05) is 13.0 Å². The maximum Gasteiger partial charge on any atom is 0.418 e. The number of nitrogens with zero attached hydrogens (tertiary/aromatic N) is 2. The number of nitrogens with one attached hydrogen (secondary N) is 2. The number of carbonyl (C=O) groups is 2. The topological polar surface area (TPSA) is 138 Å². The van der Waals surface area contributed by atoms with E-state index in [-0.39, 0.29) is 13.2 Å². The lowest BCUT2D eigenvalue weighted by Crippen LogP contribution is -2.50. The molecule has 24 heavy (non-hydrogen) atoms. The predicted octanol–water partition coefficient (Wildman–Crippen LogP) is -1.19. The minimum absolute atomic E-state index is 0.0567. The molecule has 3 N–H and O–H groups in total. The number of fused-ring (bicyclic) bond motifs is 2. The van der Waals surface area contributed by atoms with Crippen molar-refractivity contribution in [1.82, 2.24) is 20.8 Å². The number of hydrogen-bond donors (Lipinski definition) is 3. The van der Waals surface area contributed by atoms with Crippen molar-refractivity contribution in [3.8, 4) is 0 Å². The Kier molecular flexibility index (Phi) is 5.77. The lowest BCUT2D eigenvalue weighted by molar-refractivity contribution is -0.136. The number of amides is 3. The van der Waals surface area contributed by atoms with E-state index in [4.69, 9.17) is 9.39 Å². The minimum Gasteiger partial charge on any atom is -0.315 e. The molecule has 2 rings (SSSR count). The van der Waals surface area contributed by atoms with Crippen LogP contribution in [0.25, 0.3) is 0 Å². The number of rotatable bonds is 8. The lowest BCUT2D eigenvalue weighted by atomic mass is 10.0. The van der Waals surface area contributed by atoms with Crippen LogP contribution in [0.1, 0.15) is 13.8 Å². The van der Waals surface area contributed by atoms with Gasteiger partial charge in [-0.25, -0.2) is 10.3 Å². The smallest absolute Gasteiger partial charge is 0.315 e. The van der Waals surface area contributed by atoms with Crippen LogP contribution in [0.5, 0.6) is 0 Å². The van der Waals surface area contributed by atoms with Crippen LogP contribution in [0, 0.1) is 0 Å². The van der Waals surface area contributed by atoms with Gasteiger partial charge < -0.3 is 10.2 Å². The fourth-order valence-corrected chi connectivity index (χ4v) is 2.99. The average molecular weight is 364 g/mol. The fourth-order valence-electron chi connectivity index (χ4n) is 2.61. The molecular formula is C12H20N4O7S. The molecule has 136 valence electrons. The van der Waals surface area contributed by atoms with Crippen molar-refractivity contribution >= 4 is 22.3 Å². The number of likely N-dealkylation sites (N-methyl/N-ethyl adjacent to an activating group) is 1. The number of hydrogen-bond acceptors (Lipinski definition) is 7. The van der Waals surface area contributed by atoms with Crippen LogP contribution < -0.4 is 10.8 Å². The third kappa shape index (κ3) is 4.21. The number of carbonyl (C=O) groups excluding carboxylic acids is 2. The molecule has 2 bridgehead atoms. The molecule has 2 atom stereocenters. The lowest BCUT2D eigenvalue weighted by Gasteiger charge is -2.28. The SMILES string of the molecule is CCNCCONC(=O)[C@@H]1C(C)=C[C@@H]2CN1C(=O)N2OS(=O)(=O)O. The monoisotopic (exact) mass is 364 g/mol. The second-order valence-electron chi connectivity index (χ2n) is 5.31.